The lowest BCUT2D eigenvalue weighted by atomic mass is 10.1. The zero-order valence-electron chi connectivity index (χ0n) is 14.1. The highest BCUT2D eigenvalue weighted by atomic mass is 19.4. The Morgan fingerprint density at radius 3 is 1.93 bits per heavy atom. The van der Waals surface area contributed by atoms with Crippen molar-refractivity contribution in [3.8, 4) is 5.75 Å². The van der Waals surface area contributed by atoms with E-state index in [1.165, 1.54) is 23.5 Å². The Balaban J connectivity index is 2.54. The van der Waals surface area contributed by atoms with E-state index in [9.17, 15) is 35.5 Å². The summed E-state index contributed by atoms with van der Waals surface area (Å²) in [6, 6.07) is 7.52. The molecule has 2 aromatic carbocycles. The second-order valence-corrected chi connectivity index (χ2v) is 5.53. The van der Waals surface area contributed by atoms with Crippen LogP contribution in [0.15, 0.2) is 48.5 Å². The van der Waals surface area contributed by atoms with Gasteiger partial charge in [0, 0.05) is 5.69 Å². The van der Waals surface area contributed by atoms with Crippen molar-refractivity contribution in [2.45, 2.75) is 18.0 Å². The molecule has 0 aliphatic carbocycles. The Morgan fingerprint density at radius 1 is 0.893 bits per heavy atom. The molecule has 0 unspecified atom stereocenters. The van der Waals surface area contributed by atoms with Gasteiger partial charge in [0.25, 0.3) is 5.91 Å². The third kappa shape index (κ3) is 4.12. The van der Waals surface area contributed by atoms with E-state index in [0.717, 1.165) is 18.5 Å². The first-order valence-corrected chi connectivity index (χ1v) is 7.54. The van der Waals surface area contributed by atoms with Crippen LogP contribution in [-0.2, 0) is 0 Å². The molecule has 1 amide bonds. The van der Waals surface area contributed by atoms with Crippen molar-refractivity contribution in [2.24, 2.45) is 0 Å². The Kier molecular flexibility index (Phi) is 5.76. The molecule has 0 saturated carbocycles. The number of hydrogen-bond acceptors (Lipinski definition) is 3. The highest BCUT2D eigenvalue weighted by molar-refractivity contribution is 5.97. The first-order valence-electron chi connectivity index (χ1n) is 7.54. The average molecular weight is 410 g/mol. The van der Waals surface area contributed by atoms with E-state index >= 15 is 0 Å². The maximum absolute atomic E-state index is 13.6. The molecule has 2 rings (SSSR count). The summed E-state index contributed by atoms with van der Waals surface area (Å²) >= 11 is 0. The molecule has 2 aromatic rings. The van der Waals surface area contributed by atoms with Crippen molar-refractivity contribution in [1.82, 2.24) is 5.32 Å². The molecule has 0 aliphatic rings. The first kappa shape index (κ1) is 21.3. The van der Waals surface area contributed by atoms with Gasteiger partial charge >= 0.3 is 18.0 Å². The molecule has 152 valence electrons. The Labute approximate surface area is 154 Å². The maximum Gasteiger partial charge on any atom is 0.439 e. The Bertz CT molecular complexity index is 819. The van der Waals surface area contributed by atoms with Crippen LogP contribution < -0.4 is 15.4 Å². The zero-order chi connectivity index (χ0) is 21.2. The number of nitrogens with one attached hydrogen (secondary N) is 2. The van der Waals surface area contributed by atoms with E-state index in [2.05, 4.69) is 0 Å². The molecule has 0 radical (unpaired) electrons. The van der Waals surface area contributed by atoms with E-state index < -0.39 is 41.0 Å². The smallest absolute Gasteiger partial charge is 0.439 e. The summed E-state index contributed by atoms with van der Waals surface area (Å²) in [6.45, 7) is 0. The van der Waals surface area contributed by atoms with Crippen molar-refractivity contribution < 1.29 is 40.3 Å². The van der Waals surface area contributed by atoms with E-state index in [1.807, 2.05) is 0 Å². The summed E-state index contributed by atoms with van der Waals surface area (Å²) in [7, 11) is 1.10. The molecular weight excluding hydrogens is 397 g/mol. The summed E-state index contributed by atoms with van der Waals surface area (Å²) in [4.78, 5) is 12.3. The van der Waals surface area contributed by atoms with E-state index in [-0.39, 0.29) is 5.75 Å². The lowest BCUT2D eigenvalue weighted by Crippen LogP contribution is -2.72. The highest BCUT2D eigenvalue weighted by Gasteiger charge is 2.72. The summed E-state index contributed by atoms with van der Waals surface area (Å²) in [5.74, 6) is -2.77. The number of methoxy groups -OCH3 is 1. The molecule has 0 saturated heterocycles. The molecule has 4 nitrogen and oxygen atoms in total. The SMILES string of the molecule is COc1ccccc1C(=O)NC(Nc1ccc(F)cc1)(C(F)(F)F)C(F)(F)F. The van der Waals surface area contributed by atoms with E-state index in [1.54, 1.807) is 0 Å². The molecule has 2 N–H and O–H groups in total. The lowest BCUT2D eigenvalue weighted by molar-refractivity contribution is -0.294. The number of alkyl halides is 6. The summed E-state index contributed by atoms with van der Waals surface area (Å²) in [5.41, 5.74) is -6.09. The quantitative estimate of drug-likeness (QED) is 0.564. The van der Waals surface area contributed by atoms with Crippen LogP contribution in [0.1, 0.15) is 10.4 Å². The number of carbonyl (C=O) groups is 1. The molecule has 0 spiro atoms. The number of carbonyl (C=O) groups excluding carboxylic acids is 1. The molecule has 0 aliphatic heterocycles. The topological polar surface area (TPSA) is 50.4 Å². The van der Waals surface area contributed by atoms with Gasteiger partial charge in [0.2, 0.25) is 0 Å². The molecule has 28 heavy (non-hydrogen) atoms. The Morgan fingerprint density at radius 2 is 1.43 bits per heavy atom. The molecular formula is C17H13F7N2O2. The molecule has 0 fully saturated rings. The van der Waals surface area contributed by atoms with E-state index in [4.69, 9.17) is 4.74 Å². The van der Waals surface area contributed by atoms with Gasteiger partial charge < -0.3 is 15.4 Å². The van der Waals surface area contributed by atoms with Gasteiger partial charge in [-0.15, -0.1) is 0 Å². The number of ether oxygens (including phenoxy) is 1. The minimum atomic E-state index is -6.00. The summed E-state index contributed by atoms with van der Waals surface area (Å²) in [6.07, 6.45) is -12.0. The fourth-order valence-electron chi connectivity index (χ4n) is 2.30. The molecule has 11 heteroatoms. The van der Waals surface area contributed by atoms with Crippen molar-refractivity contribution in [3.63, 3.8) is 0 Å². The summed E-state index contributed by atoms with van der Waals surface area (Å²) < 4.78 is 99.3. The molecule has 0 bridgehead atoms. The molecule has 0 atom stereocenters. The second kappa shape index (κ2) is 7.56. The normalized spacial score (nSPS) is 12.4. The fraction of sp³-hybridized carbons (Fsp3) is 0.235. The lowest BCUT2D eigenvalue weighted by Gasteiger charge is -2.39. The van der Waals surface area contributed by atoms with Gasteiger partial charge in [-0.3, -0.25) is 4.79 Å². The van der Waals surface area contributed by atoms with Gasteiger partial charge in [0.15, 0.2) is 0 Å². The van der Waals surface area contributed by atoms with E-state index in [0.29, 0.717) is 24.3 Å². The van der Waals surface area contributed by atoms with Crippen LogP contribution in [0.2, 0.25) is 0 Å². The number of halogens is 7. The fourth-order valence-corrected chi connectivity index (χ4v) is 2.30. The van der Waals surface area contributed by atoms with Crippen molar-refractivity contribution in [1.29, 1.82) is 0 Å². The van der Waals surface area contributed by atoms with Crippen LogP contribution in [0.25, 0.3) is 0 Å². The number of benzene rings is 2. The minimum absolute atomic E-state index is 0.222. The van der Waals surface area contributed by atoms with Crippen LogP contribution >= 0.6 is 0 Å². The Hall–Kier alpha value is -2.98. The standard InChI is InChI=1S/C17H13F7N2O2/c1-28-13-5-3-2-4-12(13)14(27)26-15(16(19,20)21,17(22,23)24)25-11-8-6-10(18)7-9-11/h2-9,25H,1H3,(H,26,27). The van der Waals surface area contributed by atoms with Gasteiger partial charge in [-0.05, 0) is 36.4 Å². The number of anilines is 1. The van der Waals surface area contributed by atoms with Crippen LogP contribution in [0, 0.1) is 5.82 Å². The van der Waals surface area contributed by atoms with Crippen LogP contribution in [0.4, 0.5) is 36.4 Å². The largest absolute Gasteiger partial charge is 0.496 e. The van der Waals surface area contributed by atoms with Gasteiger partial charge in [-0.2, -0.15) is 26.3 Å². The third-order valence-electron chi connectivity index (χ3n) is 3.68. The summed E-state index contributed by atoms with van der Waals surface area (Å²) in [5, 5.41) is 2.24. The average Bonchev–Trinajstić information content (AvgIpc) is 2.60. The van der Waals surface area contributed by atoms with Gasteiger partial charge in [0.05, 0.1) is 12.7 Å². The number of para-hydroxylation sites is 1. The first-order chi connectivity index (χ1) is 12.9. The van der Waals surface area contributed by atoms with Gasteiger partial charge in [0.1, 0.15) is 11.6 Å². The van der Waals surface area contributed by atoms with Crippen LogP contribution in [0.3, 0.4) is 0 Å². The molecule has 0 heterocycles. The van der Waals surface area contributed by atoms with Gasteiger partial charge in [-0.1, -0.05) is 12.1 Å². The predicted molar refractivity (Wildman–Crippen MR) is 85.3 cm³/mol. The van der Waals surface area contributed by atoms with Crippen LogP contribution in [0.5, 0.6) is 5.75 Å². The monoisotopic (exact) mass is 410 g/mol. The van der Waals surface area contributed by atoms with Crippen molar-refractivity contribution in [2.75, 3.05) is 12.4 Å². The van der Waals surface area contributed by atoms with Crippen LogP contribution in [-0.4, -0.2) is 31.0 Å². The van der Waals surface area contributed by atoms with Crippen molar-refractivity contribution >= 4 is 11.6 Å². The predicted octanol–water partition coefficient (Wildman–Crippen LogP) is 4.50. The highest BCUT2D eigenvalue weighted by Crippen LogP contribution is 2.44. The minimum Gasteiger partial charge on any atom is -0.496 e. The number of rotatable bonds is 5. The maximum atomic E-state index is 13.6. The number of amides is 1. The van der Waals surface area contributed by atoms with Gasteiger partial charge in [-0.25, -0.2) is 4.39 Å². The number of hydrogen-bond donors (Lipinski definition) is 2. The zero-order valence-corrected chi connectivity index (χ0v) is 14.1. The van der Waals surface area contributed by atoms with Crippen molar-refractivity contribution in [3.05, 3.63) is 59.9 Å². The second-order valence-electron chi connectivity index (χ2n) is 5.53. The third-order valence-corrected chi connectivity index (χ3v) is 3.68. The molecule has 0 aromatic heterocycles.